The van der Waals surface area contributed by atoms with Gasteiger partial charge in [0.05, 0.1) is 11.7 Å². The van der Waals surface area contributed by atoms with Crippen LogP contribution >= 0.6 is 0 Å². The Kier molecular flexibility index (Phi) is 6.20. The first-order valence-corrected chi connectivity index (χ1v) is 9.77. The number of nitrogens with zero attached hydrogens (tertiary/aromatic N) is 1. The normalized spacial score (nSPS) is 26.7. The summed E-state index contributed by atoms with van der Waals surface area (Å²) < 4.78 is 0. The van der Waals surface area contributed by atoms with Gasteiger partial charge in [0, 0.05) is 19.6 Å². The summed E-state index contributed by atoms with van der Waals surface area (Å²) in [5.74, 6) is 1.38. The molecular formula is C23H31NO3. The molecule has 27 heavy (non-hydrogen) atoms. The molecule has 4 nitrogen and oxygen atoms in total. The smallest absolute Gasteiger partial charge is 0.115 e. The van der Waals surface area contributed by atoms with E-state index >= 15 is 0 Å². The van der Waals surface area contributed by atoms with Crippen LogP contribution in [0.2, 0.25) is 0 Å². The first-order valence-electron chi connectivity index (χ1n) is 9.77. The maximum atomic E-state index is 10.7. The van der Waals surface area contributed by atoms with Crippen molar-refractivity contribution in [3.05, 3.63) is 65.7 Å². The maximum absolute atomic E-state index is 10.7. The van der Waals surface area contributed by atoms with Crippen LogP contribution in [0.1, 0.15) is 30.9 Å². The molecule has 1 heterocycles. The van der Waals surface area contributed by atoms with Crippen LogP contribution in [-0.4, -0.2) is 46.0 Å². The fourth-order valence-electron chi connectivity index (χ4n) is 4.38. The molecule has 0 amide bonds. The van der Waals surface area contributed by atoms with Crippen LogP contribution in [0.4, 0.5) is 0 Å². The molecule has 1 aliphatic heterocycles. The third-order valence-electron chi connectivity index (χ3n) is 5.76. The van der Waals surface area contributed by atoms with Crippen molar-refractivity contribution in [2.24, 2.45) is 11.8 Å². The van der Waals surface area contributed by atoms with Crippen LogP contribution in [0.5, 0.6) is 5.75 Å². The highest BCUT2D eigenvalue weighted by Crippen LogP contribution is 2.39. The SMILES string of the molecule is CC(O)(CN1CC2CC(O)CC2C1)c1ccc(O)cc1.Cc1ccccc1. The lowest BCUT2D eigenvalue weighted by Crippen LogP contribution is -2.38. The van der Waals surface area contributed by atoms with Gasteiger partial charge < -0.3 is 15.3 Å². The Morgan fingerprint density at radius 1 is 0.963 bits per heavy atom. The summed E-state index contributed by atoms with van der Waals surface area (Å²) in [6.07, 6.45) is 1.69. The summed E-state index contributed by atoms with van der Waals surface area (Å²) in [7, 11) is 0. The Hall–Kier alpha value is -1.88. The van der Waals surface area contributed by atoms with E-state index in [1.807, 2.05) is 25.1 Å². The van der Waals surface area contributed by atoms with Gasteiger partial charge in [0.15, 0.2) is 0 Å². The molecular weight excluding hydrogens is 338 g/mol. The first-order chi connectivity index (χ1) is 12.8. The summed E-state index contributed by atoms with van der Waals surface area (Å²) in [6.45, 7) is 6.44. The molecule has 1 aliphatic carbocycles. The number of phenols is 1. The Morgan fingerprint density at radius 3 is 2.00 bits per heavy atom. The standard InChI is InChI=1S/C16H23NO3.C7H8/c1-16(20,13-2-4-14(18)5-3-13)10-17-8-11-6-15(19)7-12(11)9-17;1-7-5-3-2-4-6-7/h2-5,11-12,15,18-20H,6-10H2,1H3;2-6H,1H3. The van der Waals surface area contributed by atoms with Crippen molar-refractivity contribution in [2.75, 3.05) is 19.6 Å². The average Bonchev–Trinajstić information content (AvgIpc) is 3.12. The van der Waals surface area contributed by atoms with Crippen LogP contribution in [-0.2, 0) is 5.60 Å². The summed E-state index contributed by atoms with van der Waals surface area (Å²) in [5.41, 5.74) is 1.24. The molecule has 4 rings (SSSR count). The Morgan fingerprint density at radius 2 is 1.52 bits per heavy atom. The van der Waals surface area contributed by atoms with Crippen LogP contribution in [0.3, 0.4) is 0 Å². The second kappa shape index (κ2) is 8.42. The zero-order valence-electron chi connectivity index (χ0n) is 16.3. The third kappa shape index (κ3) is 5.32. The molecule has 0 bridgehead atoms. The van der Waals surface area contributed by atoms with E-state index in [1.54, 1.807) is 24.3 Å². The van der Waals surface area contributed by atoms with Crippen molar-refractivity contribution in [1.29, 1.82) is 0 Å². The van der Waals surface area contributed by atoms with Gasteiger partial charge >= 0.3 is 0 Å². The molecule has 1 saturated carbocycles. The highest BCUT2D eigenvalue weighted by molar-refractivity contribution is 5.29. The fourth-order valence-corrected chi connectivity index (χ4v) is 4.38. The molecule has 146 valence electrons. The molecule has 3 unspecified atom stereocenters. The van der Waals surface area contributed by atoms with Crippen LogP contribution < -0.4 is 0 Å². The topological polar surface area (TPSA) is 63.9 Å². The fraction of sp³-hybridized carbons (Fsp3) is 0.478. The zero-order chi connectivity index (χ0) is 19.4. The van der Waals surface area contributed by atoms with Crippen molar-refractivity contribution in [3.63, 3.8) is 0 Å². The molecule has 0 spiro atoms. The Bertz CT molecular complexity index is 700. The number of β-amino-alcohol motifs (C(OH)–C–C–N with tert-alkyl or cyclic N) is 1. The van der Waals surface area contributed by atoms with Crippen molar-refractivity contribution in [2.45, 2.75) is 38.4 Å². The van der Waals surface area contributed by atoms with Crippen molar-refractivity contribution in [3.8, 4) is 5.75 Å². The number of aryl methyl sites for hydroxylation is 1. The lowest BCUT2D eigenvalue weighted by atomic mass is 9.95. The second-order valence-corrected chi connectivity index (χ2v) is 8.31. The zero-order valence-corrected chi connectivity index (χ0v) is 16.3. The highest BCUT2D eigenvalue weighted by Gasteiger charge is 2.41. The predicted molar refractivity (Wildman–Crippen MR) is 108 cm³/mol. The molecule has 3 N–H and O–H groups in total. The average molecular weight is 370 g/mol. The molecule has 2 aromatic carbocycles. The number of hydrogen-bond acceptors (Lipinski definition) is 4. The molecule has 0 radical (unpaired) electrons. The number of rotatable bonds is 3. The molecule has 2 fully saturated rings. The summed E-state index contributed by atoms with van der Waals surface area (Å²) >= 11 is 0. The number of phenolic OH excluding ortho intramolecular Hbond substituents is 1. The minimum atomic E-state index is -0.912. The summed E-state index contributed by atoms with van der Waals surface area (Å²) in [6, 6.07) is 17.0. The van der Waals surface area contributed by atoms with Crippen molar-refractivity contribution < 1.29 is 15.3 Å². The van der Waals surface area contributed by atoms with Crippen LogP contribution in [0.25, 0.3) is 0 Å². The predicted octanol–water partition coefficient (Wildman–Crippen LogP) is 3.30. The van der Waals surface area contributed by atoms with E-state index in [2.05, 4.69) is 24.0 Å². The number of hydrogen-bond donors (Lipinski definition) is 3. The quantitative estimate of drug-likeness (QED) is 0.777. The minimum Gasteiger partial charge on any atom is -0.508 e. The van der Waals surface area contributed by atoms with Gasteiger partial charge in [-0.1, -0.05) is 48.0 Å². The van der Waals surface area contributed by atoms with E-state index in [0.717, 1.165) is 31.5 Å². The van der Waals surface area contributed by atoms with E-state index in [4.69, 9.17) is 0 Å². The van der Waals surface area contributed by atoms with E-state index in [-0.39, 0.29) is 11.9 Å². The number of benzene rings is 2. The van der Waals surface area contributed by atoms with Crippen molar-refractivity contribution in [1.82, 2.24) is 4.90 Å². The maximum Gasteiger partial charge on any atom is 0.115 e. The molecule has 3 atom stereocenters. The Balaban J connectivity index is 0.000000253. The van der Waals surface area contributed by atoms with E-state index < -0.39 is 5.60 Å². The molecule has 2 aromatic rings. The lowest BCUT2D eigenvalue weighted by molar-refractivity contribution is 0.0192. The first kappa shape index (κ1) is 19.9. The molecule has 2 aliphatic rings. The molecule has 1 saturated heterocycles. The minimum absolute atomic E-state index is 0.121. The van der Waals surface area contributed by atoms with Gasteiger partial charge in [0.2, 0.25) is 0 Å². The Labute approximate surface area is 162 Å². The summed E-state index contributed by atoms with van der Waals surface area (Å²) in [4.78, 5) is 2.30. The summed E-state index contributed by atoms with van der Waals surface area (Å²) in [5, 5.41) is 29.7. The molecule has 4 heteroatoms. The van der Waals surface area contributed by atoms with Gasteiger partial charge in [-0.15, -0.1) is 0 Å². The number of aliphatic hydroxyl groups excluding tert-OH is 1. The molecule has 0 aromatic heterocycles. The third-order valence-corrected chi connectivity index (χ3v) is 5.76. The van der Waals surface area contributed by atoms with Gasteiger partial charge in [0.25, 0.3) is 0 Å². The van der Waals surface area contributed by atoms with Crippen molar-refractivity contribution >= 4 is 0 Å². The number of likely N-dealkylation sites (tertiary alicyclic amines) is 1. The number of fused-ring (bicyclic) bond motifs is 1. The van der Waals surface area contributed by atoms with E-state index in [9.17, 15) is 15.3 Å². The van der Waals surface area contributed by atoms with E-state index in [1.165, 1.54) is 5.56 Å². The van der Waals surface area contributed by atoms with Crippen LogP contribution in [0, 0.1) is 18.8 Å². The number of aliphatic hydroxyl groups is 2. The van der Waals surface area contributed by atoms with Crippen LogP contribution in [0.15, 0.2) is 54.6 Å². The van der Waals surface area contributed by atoms with Gasteiger partial charge in [-0.3, -0.25) is 4.90 Å². The monoisotopic (exact) mass is 369 g/mol. The second-order valence-electron chi connectivity index (χ2n) is 8.31. The largest absolute Gasteiger partial charge is 0.508 e. The van der Waals surface area contributed by atoms with E-state index in [0.29, 0.717) is 18.4 Å². The number of aromatic hydroxyl groups is 1. The van der Waals surface area contributed by atoms with Gasteiger partial charge in [-0.05, 0) is 56.2 Å². The van der Waals surface area contributed by atoms with Gasteiger partial charge in [0.1, 0.15) is 5.75 Å². The highest BCUT2D eigenvalue weighted by atomic mass is 16.3. The lowest BCUT2D eigenvalue weighted by Gasteiger charge is -2.30. The van der Waals surface area contributed by atoms with Gasteiger partial charge in [-0.25, -0.2) is 0 Å². The van der Waals surface area contributed by atoms with Gasteiger partial charge in [-0.2, -0.15) is 0 Å².